The average Bonchev–Trinajstić information content (AvgIpc) is 3.07. The first-order valence-corrected chi connectivity index (χ1v) is 9.69. The summed E-state index contributed by atoms with van der Waals surface area (Å²) in [5, 5.41) is 9.23. The number of hydrogen-bond donors (Lipinski definition) is 1. The lowest BCUT2D eigenvalue weighted by atomic mass is 9.81. The maximum absolute atomic E-state index is 14.6. The van der Waals surface area contributed by atoms with Gasteiger partial charge in [0.2, 0.25) is 5.91 Å². The number of rotatable bonds is 4. The first-order valence-electron chi connectivity index (χ1n) is 9.69. The number of carbonyl (C=O) groups is 1. The highest BCUT2D eigenvalue weighted by Crippen LogP contribution is 2.43. The number of aliphatic hydroxyl groups excluding tert-OH is 1. The molecular formula is C22H24F2N2O2. The van der Waals surface area contributed by atoms with Gasteiger partial charge in [0.25, 0.3) is 0 Å². The fourth-order valence-corrected chi connectivity index (χ4v) is 4.80. The first kappa shape index (κ1) is 19.0. The summed E-state index contributed by atoms with van der Waals surface area (Å²) < 4.78 is 28.4. The van der Waals surface area contributed by atoms with Crippen molar-refractivity contribution < 1.29 is 18.7 Å². The number of likely N-dealkylation sites (tertiary alicyclic amines) is 2. The molecule has 2 aliphatic rings. The van der Waals surface area contributed by atoms with Gasteiger partial charge in [-0.1, -0.05) is 42.5 Å². The molecule has 0 spiro atoms. The molecule has 0 aliphatic carbocycles. The Balaban J connectivity index is 1.64. The van der Waals surface area contributed by atoms with Gasteiger partial charge in [0.15, 0.2) is 11.6 Å². The number of fused-ring (bicyclic) bond motifs is 1. The van der Waals surface area contributed by atoms with Crippen molar-refractivity contribution in [2.24, 2.45) is 5.92 Å². The van der Waals surface area contributed by atoms with E-state index < -0.39 is 18.2 Å². The van der Waals surface area contributed by atoms with Crippen LogP contribution in [0.1, 0.15) is 23.5 Å². The minimum atomic E-state index is -0.838. The third kappa shape index (κ3) is 3.54. The molecule has 0 aromatic heterocycles. The second-order valence-electron chi connectivity index (χ2n) is 7.68. The van der Waals surface area contributed by atoms with Crippen LogP contribution in [0.15, 0.2) is 48.5 Å². The van der Waals surface area contributed by atoms with E-state index in [1.807, 2.05) is 18.2 Å². The van der Waals surface area contributed by atoms with E-state index in [9.17, 15) is 18.7 Å². The molecule has 6 heteroatoms. The van der Waals surface area contributed by atoms with Crippen LogP contribution in [0.25, 0.3) is 0 Å². The number of halogens is 2. The lowest BCUT2D eigenvalue weighted by Gasteiger charge is -2.39. The summed E-state index contributed by atoms with van der Waals surface area (Å²) >= 11 is 0. The molecule has 1 N–H and O–H groups in total. The molecular weight excluding hydrogens is 362 g/mol. The zero-order valence-corrected chi connectivity index (χ0v) is 15.6. The van der Waals surface area contributed by atoms with Crippen molar-refractivity contribution in [1.82, 2.24) is 9.80 Å². The predicted molar refractivity (Wildman–Crippen MR) is 102 cm³/mol. The van der Waals surface area contributed by atoms with Gasteiger partial charge >= 0.3 is 0 Å². The molecule has 0 saturated carbocycles. The zero-order valence-electron chi connectivity index (χ0n) is 15.6. The van der Waals surface area contributed by atoms with Crippen LogP contribution in [0, 0.1) is 17.6 Å². The van der Waals surface area contributed by atoms with Crippen molar-refractivity contribution in [1.29, 1.82) is 0 Å². The van der Waals surface area contributed by atoms with E-state index in [1.54, 1.807) is 17.0 Å². The summed E-state index contributed by atoms with van der Waals surface area (Å²) in [7, 11) is 0. The maximum atomic E-state index is 14.6. The van der Waals surface area contributed by atoms with E-state index in [2.05, 4.69) is 17.0 Å². The van der Waals surface area contributed by atoms with Crippen molar-refractivity contribution >= 4 is 5.91 Å². The molecule has 148 valence electrons. The Morgan fingerprint density at radius 2 is 1.86 bits per heavy atom. The summed E-state index contributed by atoms with van der Waals surface area (Å²) in [6.45, 7) is 1.86. The van der Waals surface area contributed by atoms with Crippen LogP contribution in [0.5, 0.6) is 0 Å². The van der Waals surface area contributed by atoms with Crippen LogP contribution in [-0.4, -0.2) is 53.1 Å². The van der Waals surface area contributed by atoms with E-state index in [0.717, 1.165) is 19.0 Å². The Morgan fingerprint density at radius 3 is 2.61 bits per heavy atom. The van der Waals surface area contributed by atoms with Crippen molar-refractivity contribution in [2.45, 2.75) is 24.9 Å². The molecule has 0 unspecified atom stereocenters. The highest BCUT2D eigenvalue weighted by molar-refractivity contribution is 5.77. The van der Waals surface area contributed by atoms with Crippen LogP contribution < -0.4 is 0 Å². The van der Waals surface area contributed by atoms with E-state index in [4.69, 9.17) is 0 Å². The van der Waals surface area contributed by atoms with Crippen LogP contribution in [0.4, 0.5) is 8.78 Å². The summed E-state index contributed by atoms with van der Waals surface area (Å²) in [5.74, 6) is -2.13. The molecule has 4 nitrogen and oxygen atoms in total. The molecule has 0 radical (unpaired) electrons. The highest BCUT2D eigenvalue weighted by atomic mass is 19.2. The fraction of sp³-hybridized carbons (Fsp3) is 0.409. The van der Waals surface area contributed by atoms with E-state index in [-0.39, 0.29) is 23.8 Å². The lowest BCUT2D eigenvalue weighted by molar-refractivity contribution is -0.136. The maximum Gasteiger partial charge on any atom is 0.248 e. The molecule has 1 amide bonds. The largest absolute Gasteiger partial charge is 0.387 e. The van der Waals surface area contributed by atoms with Gasteiger partial charge in [-0.25, -0.2) is 8.78 Å². The van der Waals surface area contributed by atoms with E-state index >= 15 is 0 Å². The Labute approximate surface area is 163 Å². The van der Waals surface area contributed by atoms with Gasteiger partial charge in [-0.15, -0.1) is 0 Å². The van der Waals surface area contributed by atoms with Crippen LogP contribution in [-0.2, 0) is 11.3 Å². The highest BCUT2D eigenvalue weighted by Gasteiger charge is 2.46. The molecule has 3 atom stereocenters. The second-order valence-corrected chi connectivity index (χ2v) is 7.68. The monoisotopic (exact) mass is 386 g/mol. The topological polar surface area (TPSA) is 43.8 Å². The predicted octanol–water partition coefficient (Wildman–Crippen LogP) is 2.77. The van der Waals surface area contributed by atoms with E-state index in [0.29, 0.717) is 25.2 Å². The van der Waals surface area contributed by atoms with Crippen molar-refractivity contribution in [3.05, 3.63) is 71.3 Å². The van der Waals surface area contributed by atoms with Crippen molar-refractivity contribution in [2.75, 3.05) is 26.2 Å². The summed E-state index contributed by atoms with van der Waals surface area (Å²) in [6.07, 6.45) is 0.761. The molecule has 2 heterocycles. The number of nitrogens with zero attached hydrogens (tertiary/aromatic N) is 2. The third-order valence-corrected chi connectivity index (χ3v) is 6.13. The van der Waals surface area contributed by atoms with Gasteiger partial charge in [-0.2, -0.15) is 0 Å². The van der Waals surface area contributed by atoms with E-state index in [1.165, 1.54) is 5.56 Å². The van der Waals surface area contributed by atoms with Gasteiger partial charge in [0.05, 0.1) is 0 Å². The number of aliphatic hydroxyl groups is 1. The van der Waals surface area contributed by atoms with Gasteiger partial charge in [0.1, 0.15) is 6.61 Å². The minimum Gasteiger partial charge on any atom is -0.387 e. The van der Waals surface area contributed by atoms with Crippen molar-refractivity contribution in [3.8, 4) is 0 Å². The molecule has 2 aromatic carbocycles. The Bertz CT molecular complexity index is 846. The summed E-state index contributed by atoms with van der Waals surface area (Å²) in [5.41, 5.74) is 1.55. The fourth-order valence-electron chi connectivity index (χ4n) is 4.80. The molecule has 4 rings (SSSR count). The number of carbonyl (C=O) groups excluding carboxylic acids is 1. The molecule has 2 saturated heterocycles. The van der Waals surface area contributed by atoms with Gasteiger partial charge in [0, 0.05) is 44.1 Å². The first-order chi connectivity index (χ1) is 13.6. The molecule has 28 heavy (non-hydrogen) atoms. The second kappa shape index (κ2) is 7.97. The molecule has 0 bridgehead atoms. The van der Waals surface area contributed by atoms with Crippen LogP contribution >= 0.6 is 0 Å². The quantitative estimate of drug-likeness (QED) is 0.879. The molecule has 2 aliphatic heterocycles. The smallest absolute Gasteiger partial charge is 0.248 e. The Morgan fingerprint density at radius 1 is 1.07 bits per heavy atom. The average molecular weight is 386 g/mol. The molecule has 2 fully saturated rings. The third-order valence-electron chi connectivity index (χ3n) is 6.13. The normalized spacial score (nSPS) is 25.0. The minimum absolute atomic E-state index is 0.00395. The van der Waals surface area contributed by atoms with Gasteiger partial charge in [-0.05, 0) is 23.6 Å². The standard InChI is InChI=1S/C22H24F2N2O2/c23-19-8-4-7-16(22(19)24)17-12-26(11-15-5-2-1-3-6-15)20-9-10-25(13-18(17)20)21(28)14-27/h1-8,17-18,20,27H,9-14H2/t17-,18-,20-/m0/s1. The van der Waals surface area contributed by atoms with Crippen LogP contribution in [0.2, 0.25) is 0 Å². The van der Waals surface area contributed by atoms with Crippen LogP contribution in [0.3, 0.4) is 0 Å². The number of piperidine rings is 1. The van der Waals surface area contributed by atoms with Crippen molar-refractivity contribution in [3.63, 3.8) is 0 Å². The van der Waals surface area contributed by atoms with Gasteiger partial charge in [-0.3, -0.25) is 9.69 Å². The molecule has 2 aromatic rings. The zero-order chi connectivity index (χ0) is 19.7. The SMILES string of the molecule is O=C(CO)N1CC[C@H]2[C@@H](C1)[C@H](c1cccc(F)c1F)CN2Cc1ccccc1. The summed E-state index contributed by atoms with van der Waals surface area (Å²) in [4.78, 5) is 16.0. The Hall–Kier alpha value is -2.31. The number of amides is 1. The lowest BCUT2D eigenvalue weighted by Crippen LogP contribution is -2.49. The number of hydrogen-bond acceptors (Lipinski definition) is 3. The summed E-state index contributed by atoms with van der Waals surface area (Å²) in [6, 6.07) is 14.6. The van der Waals surface area contributed by atoms with Gasteiger partial charge < -0.3 is 10.0 Å². The Kier molecular flexibility index (Phi) is 5.42. The number of benzene rings is 2.